The van der Waals surface area contributed by atoms with Gasteiger partial charge in [0.05, 0.1) is 5.69 Å². The van der Waals surface area contributed by atoms with Gasteiger partial charge in [0.15, 0.2) is 18.7 Å². The van der Waals surface area contributed by atoms with Gasteiger partial charge in [-0.2, -0.15) is 0 Å². The summed E-state index contributed by atoms with van der Waals surface area (Å²) >= 11 is 0. The van der Waals surface area contributed by atoms with E-state index in [-0.39, 0.29) is 18.3 Å². The van der Waals surface area contributed by atoms with Crippen LogP contribution < -0.4 is 9.64 Å². The van der Waals surface area contributed by atoms with E-state index in [0.717, 1.165) is 11.3 Å². The van der Waals surface area contributed by atoms with E-state index in [1.807, 2.05) is 25.1 Å². The molecule has 0 spiro atoms. The standard InChI is InChI=1S/C15H13NO4/c1-2-16-12-5-3-10(7-14(12)19-9-15(16)18)13-6-4-11(8-17)20-13/h3-8H,2,9H2,1H3. The quantitative estimate of drug-likeness (QED) is 0.805. The third kappa shape index (κ3) is 1.97. The van der Waals surface area contributed by atoms with Gasteiger partial charge in [0.1, 0.15) is 11.5 Å². The van der Waals surface area contributed by atoms with Crippen molar-refractivity contribution in [1.29, 1.82) is 0 Å². The van der Waals surface area contributed by atoms with Crippen LogP contribution in [0.25, 0.3) is 11.3 Å². The number of carbonyl (C=O) groups is 2. The van der Waals surface area contributed by atoms with Gasteiger partial charge in [-0.1, -0.05) is 0 Å². The molecule has 1 aromatic heterocycles. The lowest BCUT2D eigenvalue weighted by Crippen LogP contribution is -2.38. The predicted octanol–water partition coefficient (Wildman–Crippen LogP) is 2.50. The molecule has 2 aromatic rings. The van der Waals surface area contributed by atoms with Crippen LogP contribution in [0, 0.1) is 0 Å². The maximum absolute atomic E-state index is 11.7. The summed E-state index contributed by atoms with van der Waals surface area (Å²) in [7, 11) is 0. The van der Waals surface area contributed by atoms with Crippen LogP contribution in [0.1, 0.15) is 17.5 Å². The minimum absolute atomic E-state index is 0.0437. The van der Waals surface area contributed by atoms with Gasteiger partial charge in [0.2, 0.25) is 0 Å². The SMILES string of the molecule is CCN1C(=O)COc2cc(-c3ccc(C=O)o3)ccc21. The van der Waals surface area contributed by atoms with Crippen molar-refractivity contribution < 1.29 is 18.7 Å². The number of hydrogen-bond acceptors (Lipinski definition) is 4. The number of amides is 1. The van der Waals surface area contributed by atoms with Crippen molar-refractivity contribution in [3.8, 4) is 17.1 Å². The molecule has 1 aliphatic heterocycles. The first-order valence-electron chi connectivity index (χ1n) is 6.35. The van der Waals surface area contributed by atoms with Crippen LogP contribution in [0.15, 0.2) is 34.7 Å². The topological polar surface area (TPSA) is 59.8 Å². The zero-order valence-corrected chi connectivity index (χ0v) is 11.0. The van der Waals surface area contributed by atoms with Gasteiger partial charge >= 0.3 is 0 Å². The van der Waals surface area contributed by atoms with E-state index in [1.54, 1.807) is 17.0 Å². The molecule has 20 heavy (non-hydrogen) atoms. The summed E-state index contributed by atoms with van der Waals surface area (Å²) in [5.74, 6) is 1.48. The lowest BCUT2D eigenvalue weighted by molar-refractivity contribution is -0.121. The summed E-state index contributed by atoms with van der Waals surface area (Å²) in [6.07, 6.45) is 0.663. The van der Waals surface area contributed by atoms with Gasteiger partial charge < -0.3 is 14.1 Å². The lowest BCUT2D eigenvalue weighted by atomic mass is 10.1. The van der Waals surface area contributed by atoms with Crippen molar-refractivity contribution >= 4 is 17.9 Å². The summed E-state index contributed by atoms with van der Waals surface area (Å²) in [6.45, 7) is 2.57. The minimum Gasteiger partial charge on any atom is -0.482 e. The second-order valence-corrected chi connectivity index (χ2v) is 4.43. The van der Waals surface area contributed by atoms with E-state index in [2.05, 4.69) is 0 Å². The molecule has 0 saturated heterocycles. The Kier molecular flexibility index (Phi) is 3.02. The Bertz CT molecular complexity index is 674. The first kappa shape index (κ1) is 12.5. The van der Waals surface area contributed by atoms with Crippen LogP contribution in [0.2, 0.25) is 0 Å². The fourth-order valence-electron chi connectivity index (χ4n) is 2.28. The fourth-order valence-corrected chi connectivity index (χ4v) is 2.28. The maximum atomic E-state index is 11.7. The summed E-state index contributed by atoms with van der Waals surface area (Å²) in [5.41, 5.74) is 1.57. The third-order valence-electron chi connectivity index (χ3n) is 3.25. The molecule has 0 bridgehead atoms. The van der Waals surface area contributed by atoms with Gasteiger partial charge in [-0.25, -0.2) is 0 Å². The smallest absolute Gasteiger partial charge is 0.265 e. The second kappa shape index (κ2) is 4.85. The highest BCUT2D eigenvalue weighted by Gasteiger charge is 2.24. The fraction of sp³-hybridized carbons (Fsp3) is 0.200. The molecule has 0 fully saturated rings. The Labute approximate surface area is 115 Å². The molecule has 0 radical (unpaired) electrons. The molecule has 5 heteroatoms. The van der Waals surface area contributed by atoms with Gasteiger partial charge in [-0.3, -0.25) is 9.59 Å². The van der Waals surface area contributed by atoms with Gasteiger partial charge in [-0.15, -0.1) is 0 Å². The van der Waals surface area contributed by atoms with Crippen molar-refractivity contribution in [1.82, 2.24) is 0 Å². The van der Waals surface area contributed by atoms with Gasteiger partial charge in [0, 0.05) is 12.1 Å². The molecule has 5 nitrogen and oxygen atoms in total. The molecule has 0 unspecified atom stereocenters. The number of benzene rings is 1. The minimum atomic E-state index is -0.0472. The number of anilines is 1. The first-order valence-corrected chi connectivity index (χ1v) is 6.35. The number of likely N-dealkylation sites (N-methyl/N-ethyl adjacent to an activating group) is 1. The van der Waals surface area contributed by atoms with Crippen molar-refractivity contribution in [2.75, 3.05) is 18.1 Å². The number of aldehydes is 1. The molecular formula is C15H13NO4. The Hall–Kier alpha value is -2.56. The highest BCUT2D eigenvalue weighted by Crippen LogP contribution is 2.36. The third-order valence-corrected chi connectivity index (χ3v) is 3.25. The van der Waals surface area contributed by atoms with E-state index in [0.29, 0.717) is 24.3 Å². The largest absolute Gasteiger partial charge is 0.482 e. The number of nitrogens with zero attached hydrogens (tertiary/aromatic N) is 1. The number of furan rings is 1. The van der Waals surface area contributed by atoms with E-state index < -0.39 is 0 Å². The molecule has 1 amide bonds. The van der Waals surface area contributed by atoms with Crippen molar-refractivity contribution in [2.24, 2.45) is 0 Å². The van der Waals surface area contributed by atoms with E-state index >= 15 is 0 Å². The number of hydrogen-bond donors (Lipinski definition) is 0. The number of rotatable bonds is 3. The maximum Gasteiger partial charge on any atom is 0.265 e. The zero-order chi connectivity index (χ0) is 14.1. The van der Waals surface area contributed by atoms with Crippen LogP contribution >= 0.6 is 0 Å². The molecule has 2 heterocycles. The molecule has 0 saturated carbocycles. The van der Waals surface area contributed by atoms with E-state index in [9.17, 15) is 9.59 Å². The second-order valence-electron chi connectivity index (χ2n) is 4.43. The first-order chi connectivity index (χ1) is 9.72. The molecule has 1 aromatic carbocycles. The highest BCUT2D eigenvalue weighted by molar-refractivity contribution is 5.98. The van der Waals surface area contributed by atoms with Crippen molar-refractivity contribution in [3.63, 3.8) is 0 Å². The normalized spacial score (nSPS) is 13.8. The molecule has 102 valence electrons. The monoisotopic (exact) mass is 271 g/mol. The van der Waals surface area contributed by atoms with E-state index in [1.165, 1.54) is 0 Å². The van der Waals surface area contributed by atoms with Crippen LogP contribution in [-0.2, 0) is 4.79 Å². The van der Waals surface area contributed by atoms with Gasteiger partial charge in [-0.05, 0) is 37.3 Å². The molecule has 1 aliphatic rings. The van der Waals surface area contributed by atoms with Crippen LogP contribution in [0.3, 0.4) is 0 Å². The zero-order valence-electron chi connectivity index (χ0n) is 11.0. The van der Waals surface area contributed by atoms with Crippen LogP contribution in [-0.4, -0.2) is 25.3 Å². The van der Waals surface area contributed by atoms with Gasteiger partial charge in [0.25, 0.3) is 5.91 Å². The van der Waals surface area contributed by atoms with E-state index in [4.69, 9.17) is 9.15 Å². The Morgan fingerprint density at radius 2 is 2.15 bits per heavy atom. The summed E-state index contributed by atoms with van der Waals surface area (Å²) in [4.78, 5) is 24.1. The van der Waals surface area contributed by atoms with Crippen molar-refractivity contribution in [2.45, 2.75) is 6.92 Å². The molecule has 3 rings (SSSR count). The van der Waals surface area contributed by atoms with Crippen LogP contribution in [0.5, 0.6) is 5.75 Å². The Balaban J connectivity index is 2.01. The number of ether oxygens (including phenoxy) is 1. The number of fused-ring (bicyclic) bond motifs is 1. The average Bonchev–Trinajstić information content (AvgIpc) is 2.95. The highest BCUT2D eigenvalue weighted by atomic mass is 16.5. The molecule has 0 N–H and O–H groups in total. The average molecular weight is 271 g/mol. The lowest BCUT2D eigenvalue weighted by Gasteiger charge is -2.28. The summed E-state index contributed by atoms with van der Waals surface area (Å²) < 4.78 is 10.8. The Morgan fingerprint density at radius 3 is 2.85 bits per heavy atom. The molecule has 0 aliphatic carbocycles. The molecular weight excluding hydrogens is 258 g/mol. The Morgan fingerprint density at radius 1 is 1.30 bits per heavy atom. The van der Waals surface area contributed by atoms with Crippen molar-refractivity contribution in [3.05, 3.63) is 36.1 Å². The van der Waals surface area contributed by atoms with Crippen LogP contribution in [0.4, 0.5) is 5.69 Å². The summed E-state index contributed by atoms with van der Waals surface area (Å²) in [6, 6.07) is 8.84. The summed E-state index contributed by atoms with van der Waals surface area (Å²) in [5, 5.41) is 0. The predicted molar refractivity (Wildman–Crippen MR) is 73.1 cm³/mol. The molecule has 0 atom stereocenters. The number of carbonyl (C=O) groups excluding carboxylic acids is 2.